The summed E-state index contributed by atoms with van der Waals surface area (Å²) in [5.74, 6) is 0.675. The molecule has 0 unspecified atom stereocenters. The number of carbonyl (C=O) groups is 1. The largest absolute Gasteiger partial charge is 0.494 e. The first-order valence-electron chi connectivity index (χ1n) is 9.31. The monoisotopic (exact) mass is 363 g/mol. The van der Waals surface area contributed by atoms with E-state index in [0.717, 1.165) is 29.7 Å². The molecule has 0 radical (unpaired) electrons. The van der Waals surface area contributed by atoms with Crippen molar-refractivity contribution in [3.63, 3.8) is 0 Å². The van der Waals surface area contributed by atoms with Crippen molar-refractivity contribution in [3.05, 3.63) is 71.9 Å². The molecule has 0 bridgehead atoms. The highest BCUT2D eigenvalue weighted by atomic mass is 16.5. The molecule has 1 amide bonds. The summed E-state index contributed by atoms with van der Waals surface area (Å²) in [7, 11) is 0. The van der Waals surface area contributed by atoms with E-state index < -0.39 is 0 Å². The van der Waals surface area contributed by atoms with Crippen molar-refractivity contribution in [1.82, 2.24) is 15.5 Å². The summed E-state index contributed by atoms with van der Waals surface area (Å²) in [6.45, 7) is 4.82. The second-order valence-electron chi connectivity index (χ2n) is 6.49. The zero-order chi connectivity index (χ0) is 19.1. The van der Waals surface area contributed by atoms with Crippen LogP contribution in [0.5, 0.6) is 5.75 Å². The van der Waals surface area contributed by atoms with E-state index in [1.165, 1.54) is 0 Å². The smallest absolute Gasteiger partial charge is 0.255 e. The Morgan fingerprint density at radius 3 is 2.59 bits per heavy atom. The van der Waals surface area contributed by atoms with Crippen LogP contribution in [-0.2, 0) is 0 Å². The SMILES string of the molecule is CCCCOc1ccc(-c2[nH]ncc2C(=O)N[C@@H](C)c2ccccc2)cc1. The Bertz CT molecular complexity index is 857. The molecule has 5 nitrogen and oxygen atoms in total. The van der Waals surface area contributed by atoms with Crippen molar-refractivity contribution in [2.75, 3.05) is 6.61 Å². The van der Waals surface area contributed by atoms with E-state index in [2.05, 4.69) is 22.4 Å². The summed E-state index contributed by atoms with van der Waals surface area (Å²) in [4.78, 5) is 12.7. The molecule has 0 fully saturated rings. The van der Waals surface area contributed by atoms with Crippen molar-refractivity contribution in [2.24, 2.45) is 0 Å². The fourth-order valence-electron chi connectivity index (χ4n) is 2.83. The molecule has 0 saturated carbocycles. The van der Waals surface area contributed by atoms with Crippen molar-refractivity contribution < 1.29 is 9.53 Å². The van der Waals surface area contributed by atoms with Gasteiger partial charge in [0.1, 0.15) is 5.75 Å². The summed E-state index contributed by atoms with van der Waals surface area (Å²) in [6.07, 6.45) is 3.70. The number of unbranched alkanes of at least 4 members (excludes halogenated alkanes) is 1. The van der Waals surface area contributed by atoms with E-state index >= 15 is 0 Å². The van der Waals surface area contributed by atoms with Gasteiger partial charge in [-0.1, -0.05) is 43.7 Å². The highest BCUT2D eigenvalue weighted by molar-refractivity contribution is 5.99. The van der Waals surface area contributed by atoms with Crippen LogP contribution in [0.25, 0.3) is 11.3 Å². The fraction of sp³-hybridized carbons (Fsp3) is 0.273. The number of rotatable bonds is 8. The molecule has 1 atom stereocenters. The Kier molecular flexibility index (Phi) is 6.26. The lowest BCUT2D eigenvalue weighted by Gasteiger charge is -2.14. The molecule has 5 heteroatoms. The van der Waals surface area contributed by atoms with Crippen LogP contribution in [-0.4, -0.2) is 22.7 Å². The zero-order valence-corrected chi connectivity index (χ0v) is 15.7. The summed E-state index contributed by atoms with van der Waals surface area (Å²) >= 11 is 0. The van der Waals surface area contributed by atoms with Crippen LogP contribution in [0.4, 0.5) is 0 Å². The number of benzene rings is 2. The lowest BCUT2D eigenvalue weighted by molar-refractivity contribution is 0.0940. The first kappa shape index (κ1) is 18.7. The van der Waals surface area contributed by atoms with E-state index in [-0.39, 0.29) is 11.9 Å². The molecule has 1 aromatic heterocycles. The van der Waals surface area contributed by atoms with Gasteiger partial charge >= 0.3 is 0 Å². The van der Waals surface area contributed by atoms with Crippen LogP contribution >= 0.6 is 0 Å². The molecule has 1 heterocycles. The van der Waals surface area contributed by atoms with E-state index in [1.54, 1.807) is 6.20 Å². The third-order valence-electron chi connectivity index (χ3n) is 4.44. The lowest BCUT2D eigenvalue weighted by Crippen LogP contribution is -2.26. The quantitative estimate of drug-likeness (QED) is 0.568. The predicted octanol–water partition coefficient (Wildman–Crippen LogP) is 4.75. The molecule has 0 aliphatic rings. The van der Waals surface area contributed by atoms with Gasteiger partial charge in [-0.2, -0.15) is 5.10 Å². The second-order valence-corrected chi connectivity index (χ2v) is 6.49. The van der Waals surface area contributed by atoms with Crippen molar-refractivity contribution in [1.29, 1.82) is 0 Å². The third-order valence-corrected chi connectivity index (χ3v) is 4.44. The molecule has 0 aliphatic heterocycles. The number of ether oxygens (including phenoxy) is 1. The molecule has 0 spiro atoms. The minimum atomic E-state index is -0.154. The maximum atomic E-state index is 12.7. The maximum absolute atomic E-state index is 12.7. The van der Waals surface area contributed by atoms with Gasteiger partial charge in [-0.25, -0.2) is 0 Å². The molecular formula is C22H25N3O2. The van der Waals surface area contributed by atoms with Crippen LogP contribution in [0.1, 0.15) is 48.7 Å². The van der Waals surface area contributed by atoms with Gasteiger partial charge in [0, 0.05) is 5.56 Å². The van der Waals surface area contributed by atoms with Gasteiger partial charge in [0.2, 0.25) is 0 Å². The number of hydrogen-bond donors (Lipinski definition) is 2. The van der Waals surface area contributed by atoms with Crippen LogP contribution in [0.2, 0.25) is 0 Å². The zero-order valence-electron chi connectivity index (χ0n) is 15.7. The molecule has 3 aromatic rings. The van der Waals surface area contributed by atoms with Gasteiger partial charge in [-0.3, -0.25) is 9.89 Å². The van der Waals surface area contributed by atoms with Crippen molar-refractivity contribution >= 4 is 5.91 Å². The van der Waals surface area contributed by atoms with Gasteiger partial charge in [-0.15, -0.1) is 0 Å². The average Bonchev–Trinajstić information content (AvgIpc) is 3.19. The van der Waals surface area contributed by atoms with Crippen LogP contribution < -0.4 is 10.1 Å². The van der Waals surface area contributed by atoms with Crippen molar-refractivity contribution in [2.45, 2.75) is 32.7 Å². The Morgan fingerprint density at radius 2 is 1.89 bits per heavy atom. The number of aromatic nitrogens is 2. The Morgan fingerprint density at radius 1 is 1.15 bits per heavy atom. The van der Waals surface area contributed by atoms with Gasteiger partial charge in [0.25, 0.3) is 5.91 Å². The Labute approximate surface area is 159 Å². The van der Waals surface area contributed by atoms with Gasteiger partial charge in [0.05, 0.1) is 30.1 Å². The molecule has 140 valence electrons. The molecule has 2 aromatic carbocycles. The topological polar surface area (TPSA) is 67.0 Å². The number of amides is 1. The summed E-state index contributed by atoms with van der Waals surface area (Å²) < 4.78 is 5.69. The van der Waals surface area contributed by atoms with E-state index in [1.807, 2.05) is 61.5 Å². The maximum Gasteiger partial charge on any atom is 0.255 e. The van der Waals surface area contributed by atoms with Crippen molar-refractivity contribution in [3.8, 4) is 17.0 Å². The minimum absolute atomic E-state index is 0.0872. The standard InChI is InChI=1S/C22H25N3O2/c1-3-4-14-27-19-12-10-18(11-13-19)21-20(15-23-25-21)22(26)24-16(2)17-8-6-5-7-9-17/h5-13,15-16H,3-4,14H2,1-2H3,(H,23,25)(H,24,26)/t16-/m0/s1. The predicted molar refractivity (Wildman–Crippen MR) is 107 cm³/mol. The second kappa shape index (κ2) is 9.03. The number of H-pyrrole nitrogens is 1. The first-order valence-corrected chi connectivity index (χ1v) is 9.31. The van der Waals surface area contributed by atoms with Crippen LogP contribution in [0, 0.1) is 0 Å². The summed E-state index contributed by atoms with van der Waals surface area (Å²) in [5.41, 5.74) is 3.18. The van der Waals surface area contributed by atoms with E-state index in [9.17, 15) is 4.79 Å². The Balaban J connectivity index is 1.70. The molecule has 0 saturated heterocycles. The number of hydrogen-bond acceptors (Lipinski definition) is 3. The highest BCUT2D eigenvalue weighted by Gasteiger charge is 2.17. The third kappa shape index (κ3) is 4.76. The average molecular weight is 363 g/mol. The van der Waals surface area contributed by atoms with Gasteiger partial charge in [0.15, 0.2) is 0 Å². The minimum Gasteiger partial charge on any atom is -0.494 e. The van der Waals surface area contributed by atoms with E-state index in [4.69, 9.17) is 4.74 Å². The molecule has 2 N–H and O–H groups in total. The lowest BCUT2D eigenvalue weighted by atomic mass is 10.1. The van der Waals surface area contributed by atoms with Crippen LogP contribution in [0.3, 0.4) is 0 Å². The molecule has 0 aliphatic carbocycles. The summed E-state index contributed by atoms with van der Waals surface area (Å²) in [5, 5.41) is 10.0. The number of nitrogens with one attached hydrogen (secondary N) is 2. The van der Waals surface area contributed by atoms with Crippen LogP contribution in [0.15, 0.2) is 60.8 Å². The molecule has 3 rings (SSSR count). The number of carbonyl (C=O) groups excluding carboxylic acids is 1. The first-order chi connectivity index (χ1) is 13.2. The fourth-order valence-corrected chi connectivity index (χ4v) is 2.83. The molecule has 27 heavy (non-hydrogen) atoms. The number of nitrogens with zero attached hydrogens (tertiary/aromatic N) is 1. The van der Waals surface area contributed by atoms with Gasteiger partial charge in [-0.05, 0) is 43.2 Å². The normalized spacial score (nSPS) is 11.8. The van der Waals surface area contributed by atoms with E-state index in [0.29, 0.717) is 17.9 Å². The summed E-state index contributed by atoms with van der Waals surface area (Å²) in [6, 6.07) is 17.5. The van der Waals surface area contributed by atoms with Gasteiger partial charge < -0.3 is 10.1 Å². The Hall–Kier alpha value is -3.08. The molecular weight excluding hydrogens is 338 g/mol. The highest BCUT2D eigenvalue weighted by Crippen LogP contribution is 2.24. The number of aromatic amines is 1.